The first-order valence-electron chi connectivity index (χ1n) is 5.63. The Morgan fingerprint density at radius 3 is 2.88 bits per heavy atom. The zero-order chi connectivity index (χ0) is 12.7. The highest BCUT2D eigenvalue weighted by Crippen LogP contribution is 2.13. The quantitative estimate of drug-likeness (QED) is 0.751. The molecule has 0 saturated heterocycles. The maximum absolute atomic E-state index is 11.4. The normalized spacial score (nSPS) is 10.1. The van der Waals surface area contributed by atoms with Crippen LogP contribution < -0.4 is 4.90 Å². The van der Waals surface area contributed by atoms with Gasteiger partial charge in [-0.1, -0.05) is 6.92 Å². The molecule has 0 aromatic carbocycles. The summed E-state index contributed by atoms with van der Waals surface area (Å²) in [4.78, 5) is 17.5. The number of aliphatic hydroxyl groups is 1. The molecular weight excluding hydrogens is 220 g/mol. The SMILES string of the molecule is CCCN(CCO)c1cc(C(=O)OC)ccn1. The molecule has 0 amide bonds. The molecule has 94 valence electrons. The Hall–Kier alpha value is -1.62. The molecule has 0 bridgehead atoms. The Morgan fingerprint density at radius 2 is 2.29 bits per heavy atom. The monoisotopic (exact) mass is 238 g/mol. The fraction of sp³-hybridized carbons (Fsp3) is 0.500. The molecule has 0 spiro atoms. The number of carbonyl (C=O) groups excluding carboxylic acids is 1. The highest BCUT2D eigenvalue weighted by atomic mass is 16.5. The van der Waals surface area contributed by atoms with E-state index >= 15 is 0 Å². The topological polar surface area (TPSA) is 62.7 Å². The van der Waals surface area contributed by atoms with Gasteiger partial charge in [-0.3, -0.25) is 0 Å². The minimum Gasteiger partial charge on any atom is -0.465 e. The molecule has 0 aliphatic heterocycles. The molecule has 0 atom stereocenters. The first kappa shape index (κ1) is 13.4. The van der Waals surface area contributed by atoms with Gasteiger partial charge in [-0.05, 0) is 18.6 Å². The van der Waals surface area contributed by atoms with E-state index in [2.05, 4.69) is 16.6 Å². The number of pyridine rings is 1. The zero-order valence-electron chi connectivity index (χ0n) is 10.2. The maximum Gasteiger partial charge on any atom is 0.338 e. The molecule has 1 heterocycles. The summed E-state index contributed by atoms with van der Waals surface area (Å²) >= 11 is 0. The summed E-state index contributed by atoms with van der Waals surface area (Å²) < 4.78 is 4.66. The molecule has 0 aliphatic carbocycles. The van der Waals surface area contributed by atoms with Crippen molar-refractivity contribution in [2.75, 3.05) is 31.7 Å². The highest BCUT2D eigenvalue weighted by molar-refractivity contribution is 5.90. The van der Waals surface area contributed by atoms with Crippen LogP contribution in [0.3, 0.4) is 0 Å². The van der Waals surface area contributed by atoms with Crippen LogP contribution >= 0.6 is 0 Å². The predicted molar refractivity (Wildman–Crippen MR) is 65.2 cm³/mol. The lowest BCUT2D eigenvalue weighted by atomic mass is 10.2. The maximum atomic E-state index is 11.4. The van der Waals surface area contributed by atoms with E-state index < -0.39 is 0 Å². The van der Waals surface area contributed by atoms with E-state index in [1.165, 1.54) is 7.11 Å². The van der Waals surface area contributed by atoms with Crippen LogP contribution in [0.15, 0.2) is 18.3 Å². The van der Waals surface area contributed by atoms with Gasteiger partial charge in [0.25, 0.3) is 0 Å². The van der Waals surface area contributed by atoms with Crippen LogP contribution in [0.4, 0.5) is 5.82 Å². The largest absolute Gasteiger partial charge is 0.465 e. The van der Waals surface area contributed by atoms with Gasteiger partial charge in [0.15, 0.2) is 0 Å². The van der Waals surface area contributed by atoms with E-state index in [-0.39, 0.29) is 12.6 Å². The number of anilines is 1. The van der Waals surface area contributed by atoms with Gasteiger partial charge in [0.2, 0.25) is 0 Å². The number of aliphatic hydroxyl groups excluding tert-OH is 1. The molecule has 17 heavy (non-hydrogen) atoms. The molecular formula is C12H18N2O3. The van der Waals surface area contributed by atoms with Crippen LogP contribution in [0.2, 0.25) is 0 Å². The molecule has 0 aliphatic rings. The smallest absolute Gasteiger partial charge is 0.338 e. The Morgan fingerprint density at radius 1 is 1.53 bits per heavy atom. The van der Waals surface area contributed by atoms with Gasteiger partial charge < -0.3 is 14.7 Å². The van der Waals surface area contributed by atoms with E-state index in [1.807, 2.05) is 4.90 Å². The number of ether oxygens (including phenoxy) is 1. The van der Waals surface area contributed by atoms with Crippen LogP contribution in [-0.2, 0) is 4.74 Å². The van der Waals surface area contributed by atoms with Gasteiger partial charge in [0.05, 0.1) is 19.3 Å². The summed E-state index contributed by atoms with van der Waals surface area (Å²) in [6.45, 7) is 3.41. The average Bonchev–Trinajstić information content (AvgIpc) is 2.37. The number of carbonyl (C=O) groups is 1. The van der Waals surface area contributed by atoms with Crippen LogP contribution in [0.25, 0.3) is 0 Å². The van der Waals surface area contributed by atoms with Gasteiger partial charge >= 0.3 is 5.97 Å². The number of hydrogen-bond acceptors (Lipinski definition) is 5. The van der Waals surface area contributed by atoms with E-state index in [1.54, 1.807) is 18.3 Å². The van der Waals surface area contributed by atoms with Crippen molar-refractivity contribution in [3.63, 3.8) is 0 Å². The Labute approximate surface area is 101 Å². The van der Waals surface area contributed by atoms with Crippen molar-refractivity contribution in [1.82, 2.24) is 4.98 Å². The Bertz CT molecular complexity index is 363. The Kier molecular flexibility index (Phi) is 5.42. The summed E-state index contributed by atoms with van der Waals surface area (Å²) in [5.74, 6) is 0.304. The summed E-state index contributed by atoms with van der Waals surface area (Å²) in [5.41, 5.74) is 0.469. The predicted octanol–water partition coefficient (Wildman–Crippen LogP) is 1.08. The summed E-state index contributed by atoms with van der Waals surface area (Å²) in [5, 5.41) is 8.99. The van der Waals surface area contributed by atoms with Gasteiger partial charge in [0, 0.05) is 19.3 Å². The van der Waals surface area contributed by atoms with Crippen molar-refractivity contribution in [1.29, 1.82) is 0 Å². The average molecular weight is 238 g/mol. The molecule has 0 saturated carbocycles. The molecule has 0 unspecified atom stereocenters. The van der Waals surface area contributed by atoms with Crippen molar-refractivity contribution >= 4 is 11.8 Å². The molecule has 5 heteroatoms. The minimum atomic E-state index is -0.380. The number of rotatable bonds is 6. The van der Waals surface area contributed by atoms with Crippen molar-refractivity contribution in [3.8, 4) is 0 Å². The molecule has 1 rings (SSSR count). The lowest BCUT2D eigenvalue weighted by molar-refractivity contribution is 0.0600. The fourth-order valence-corrected chi connectivity index (χ4v) is 1.57. The van der Waals surface area contributed by atoms with Crippen molar-refractivity contribution in [2.24, 2.45) is 0 Å². The molecule has 0 fully saturated rings. The van der Waals surface area contributed by atoms with Gasteiger partial charge in [-0.15, -0.1) is 0 Å². The highest BCUT2D eigenvalue weighted by Gasteiger charge is 2.10. The number of nitrogens with zero attached hydrogens (tertiary/aromatic N) is 2. The summed E-state index contributed by atoms with van der Waals surface area (Å²) in [6.07, 6.45) is 2.52. The number of aromatic nitrogens is 1. The number of esters is 1. The van der Waals surface area contributed by atoms with E-state index in [0.717, 1.165) is 13.0 Å². The number of methoxy groups -OCH3 is 1. The van der Waals surface area contributed by atoms with Crippen molar-refractivity contribution < 1.29 is 14.6 Å². The van der Waals surface area contributed by atoms with Crippen LogP contribution in [0.1, 0.15) is 23.7 Å². The summed E-state index contributed by atoms with van der Waals surface area (Å²) in [6, 6.07) is 3.29. The van der Waals surface area contributed by atoms with Crippen LogP contribution in [-0.4, -0.2) is 42.9 Å². The molecule has 5 nitrogen and oxygen atoms in total. The van der Waals surface area contributed by atoms with Gasteiger partial charge in [0.1, 0.15) is 5.82 Å². The fourth-order valence-electron chi connectivity index (χ4n) is 1.57. The minimum absolute atomic E-state index is 0.0597. The third kappa shape index (κ3) is 3.71. The standard InChI is InChI=1S/C12H18N2O3/c1-3-6-14(7-8-15)11-9-10(4-5-13-11)12(16)17-2/h4-5,9,15H,3,6-8H2,1-2H3. The molecule has 0 radical (unpaired) electrons. The third-order valence-corrected chi connectivity index (χ3v) is 2.35. The second-order valence-electron chi connectivity index (χ2n) is 3.60. The van der Waals surface area contributed by atoms with Crippen molar-refractivity contribution in [3.05, 3.63) is 23.9 Å². The Balaban J connectivity index is 2.91. The first-order valence-corrected chi connectivity index (χ1v) is 5.63. The second-order valence-corrected chi connectivity index (χ2v) is 3.60. The first-order chi connectivity index (χ1) is 8.22. The van der Waals surface area contributed by atoms with Crippen molar-refractivity contribution in [2.45, 2.75) is 13.3 Å². The van der Waals surface area contributed by atoms with Crippen LogP contribution in [0, 0.1) is 0 Å². The number of hydrogen-bond donors (Lipinski definition) is 1. The van der Waals surface area contributed by atoms with Crippen LogP contribution in [0.5, 0.6) is 0 Å². The van der Waals surface area contributed by atoms with E-state index in [9.17, 15) is 4.79 Å². The molecule has 1 N–H and O–H groups in total. The molecule has 1 aromatic heterocycles. The molecule has 1 aromatic rings. The summed E-state index contributed by atoms with van der Waals surface area (Å²) in [7, 11) is 1.35. The lowest BCUT2D eigenvalue weighted by Crippen LogP contribution is -2.28. The third-order valence-electron chi connectivity index (χ3n) is 2.35. The second kappa shape index (κ2) is 6.85. The zero-order valence-corrected chi connectivity index (χ0v) is 10.2. The lowest BCUT2D eigenvalue weighted by Gasteiger charge is -2.22. The van der Waals surface area contributed by atoms with E-state index in [4.69, 9.17) is 5.11 Å². The van der Waals surface area contributed by atoms with Gasteiger partial charge in [-0.25, -0.2) is 9.78 Å². The van der Waals surface area contributed by atoms with E-state index in [0.29, 0.717) is 17.9 Å². The van der Waals surface area contributed by atoms with Gasteiger partial charge in [-0.2, -0.15) is 0 Å².